The molecule has 1 heterocycles. The third-order valence-corrected chi connectivity index (χ3v) is 6.12. The van der Waals surface area contributed by atoms with Gasteiger partial charge < -0.3 is 10.1 Å². The van der Waals surface area contributed by atoms with Crippen LogP contribution in [0.2, 0.25) is 0 Å². The number of hydrogen-bond acceptors (Lipinski definition) is 4. The second-order valence-corrected chi connectivity index (χ2v) is 8.12. The lowest BCUT2D eigenvalue weighted by atomic mass is 9.95. The van der Waals surface area contributed by atoms with Crippen molar-refractivity contribution in [2.75, 3.05) is 11.9 Å². The highest BCUT2D eigenvalue weighted by atomic mass is 32.1. The Morgan fingerprint density at radius 3 is 2.83 bits per heavy atom. The first-order valence-electron chi connectivity index (χ1n) is 9.96. The van der Waals surface area contributed by atoms with Crippen LogP contribution in [-0.2, 0) is 12.8 Å². The molecular weight excluding hydrogens is 392 g/mol. The summed E-state index contributed by atoms with van der Waals surface area (Å²) < 4.78 is 5.48. The van der Waals surface area contributed by atoms with Crippen LogP contribution in [0.25, 0.3) is 0 Å². The Balaban J connectivity index is 1.63. The number of aliphatic imine (C=N–C) groups is 1. The smallest absolute Gasteiger partial charge is 0.259 e. The van der Waals surface area contributed by atoms with Crippen LogP contribution in [0.3, 0.4) is 0 Å². The van der Waals surface area contributed by atoms with E-state index < -0.39 is 0 Å². The minimum absolute atomic E-state index is 0.0983. The molecule has 3 aromatic rings. The Kier molecular flexibility index (Phi) is 6.26. The van der Waals surface area contributed by atoms with Crippen LogP contribution in [0.5, 0.6) is 5.75 Å². The van der Waals surface area contributed by atoms with E-state index in [-0.39, 0.29) is 12.5 Å². The predicted molar refractivity (Wildman–Crippen MR) is 123 cm³/mol. The Morgan fingerprint density at radius 2 is 2.00 bits per heavy atom. The molecule has 0 aliphatic heterocycles. The maximum atomic E-state index is 13.1. The van der Waals surface area contributed by atoms with Gasteiger partial charge in [-0.15, -0.1) is 17.8 Å². The van der Waals surface area contributed by atoms with Gasteiger partial charge in [-0.05, 0) is 61.1 Å². The molecule has 1 aromatic heterocycles. The number of ether oxygens (including phenoxy) is 1. The summed E-state index contributed by atoms with van der Waals surface area (Å²) in [7, 11) is 0. The molecule has 0 spiro atoms. The molecule has 1 aliphatic carbocycles. The fourth-order valence-corrected chi connectivity index (χ4v) is 4.76. The van der Waals surface area contributed by atoms with Gasteiger partial charge in [0.2, 0.25) is 0 Å². The van der Waals surface area contributed by atoms with Crippen molar-refractivity contribution in [3.8, 4) is 18.1 Å². The molecule has 0 bridgehead atoms. The number of hydrogen-bond donors (Lipinski definition) is 1. The summed E-state index contributed by atoms with van der Waals surface area (Å²) in [5.41, 5.74) is 3.53. The number of carbonyl (C=O) groups is 1. The van der Waals surface area contributed by atoms with Gasteiger partial charge in [0.1, 0.15) is 17.4 Å². The van der Waals surface area contributed by atoms with Crippen LogP contribution in [-0.4, -0.2) is 18.7 Å². The van der Waals surface area contributed by atoms with Gasteiger partial charge in [-0.2, -0.15) is 0 Å². The summed E-state index contributed by atoms with van der Waals surface area (Å²) in [6, 6.07) is 17.1. The van der Waals surface area contributed by atoms with Crippen molar-refractivity contribution in [3.05, 3.63) is 76.2 Å². The zero-order valence-corrected chi connectivity index (χ0v) is 17.4. The summed E-state index contributed by atoms with van der Waals surface area (Å²) in [5, 5.41) is 3.78. The summed E-state index contributed by atoms with van der Waals surface area (Å²) in [6.45, 7) is 0.224. The van der Waals surface area contributed by atoms with Crippen molar-refractivity contribution in [3.63, 3.8) is 0 Å². The lowest BCUT2D eigenvalue weighted by Crippen LogP contribution is -2.14. The van der Waals surface area contributed by atoms with E-state index in [4.69, 9.17) is 16.2 Å². The second kappa shape index (κ2) is 9.43. The fraction of sp³-hybridized carbons (Fsp3) is 0.200. The number of nitrogens with zero attached hydrogens (tertiary/aromatic N) is 1. The zero-order valence-electron chi connectivity index (χ0n) is 16.6. The minimum atomic E-state index is -0.0983. The highest BCUT2D eigenvalue weighted by Crippen LogP contribution is 2.40. The third kappa shape index (κ3) is 4.61. The van der Waals surface area contributed by atoms with Crippen molar-refractivity contribution >= 4 is 34.1 Å². The van der Waals surface area contributed by atoms with Gasteiger partial charge in [0.15, 0.2) is 0 Å². The maximum Gasteiger partial charge on any atom is 0.259 e. The number of thiophene rings is 1. The highest BCUT2D eigenvalue weighted by Gasteiger charge is 2.25. The predicted octanol–water partition coefficient (Wildman–Crippen LogP) is 5.64. The lowest BCUT2D eigenvalue weighted by Gasteiger charge is -2.12. The van der Waals surface area contributed by atoms with E-state index in [9.17, 15) is 4.79 Å². The topological polar surface area (TPSA) is 50.7 Å². The number of rotatable bonds is 6. The standard InChI is InChI=1S/C25H22N2O2S/c1-2-15-29-20-12-8-9-18(16-20)17-26-25-23(21-13-6-7-14-22(21)30-25)24(28)27-19-10-4-3-5-11-19/h1,3-5,8-12,16-17H,6-7,13-15H2,(H,27,28). The van der Waals surface area contributed by atoms with Crippen LogP contribution in [0.1, 0.15) is 39.2 Å². The third-order valence-electron chi connectivity index (χ3n) is 4.92. The van der Waals surface area contributed by atoms with E-state index in [1.165, 1.54) is 4.88 Å². The zero-order chi connectivity index (χ0) is 20.8. The number of fused-ring (bicyclic) bond motifs is 1. The van der Waals surface area contributed by atoms with Crippen LogP contribution in [0, 0.1) is 12.3 Å². The van der Waals surface area contributed by atoms with Crippen molar-refractivity contribution in [1.29, 1.82) is 0 Å². The SMILES string of the molecule is C#CCOc1cccc(C=Nc2sc3c(c2C(=O)Nc2ccccc2)CCCC3)c1. The number of terminal acetylenes is 1. The molecule has 0 unspecified atom stereocenters. The fourth-order valence-electron chi connectivity index (χ4n) is 3.53. The van der Waals surface area contributed by atoms with Gasteiger partial charge in [0.25, 0.3) is 5.91 Å². The average molecular weight is 415 g/mol. The molecule has 1 amide bonds. The van der Waals surface area contributed by atoms with E-state index in [1.807, 2.05) is 54.6 Å². The van der Waals surface area contributed by atoms with Crippen molar-refractivity contribution in [2.24, 2.45) is 4.99 Å². The minimum Gasteiger partial charge on any atom is -0.481 e. The largest absolute Gasteiger partial charge is 0.481 e. The summed E-state index contributed by atoms with van der Waals surface area (Å²) in [5.74, 6) is 3.06. The van der Waals surface area contributed by atoms with Crippen molar-refractivity contribution in [1.82, 2.24) is 0 Å². The molecule has 1 aliphatic rings. The molecule has 4 rings (SSSR count). The molecule has 150 valence electrons. The summed E-state index contributed by atoms with van der Waals surface area (Å²) in [6.07, 6.45) is 11.2. The van der Waals surface area contributed by atoms with Gasteiger partial charge >= 0.3 is 0 Å². The number of carbonyl (C=O) groups excluding carboxylic acids is 1. The second-order valence-electron chi connectivity index (χ2n) is 7.03. The number of nitrogens with one attached hydrogen (secondary N) is 1. The molecule has 0 saturated carbocycles. The van der Waals surface area contributed by atoms with Gasteiger partial charge in [-0.25, -0.2) is 4.99 Å². The molecule has 1 N–H and O–H groups in total. The summed E-state index contributed by atoms with van der Waals surface area (Å²) >= 11 is 1.62. The molecular formula is C25H22N2O2S. The number of anilines is 1. The molecule has 30 heavy (non-hydrogen) atoms. The van der Waals surface area contributed by atoms with Gasteiger partial charge in [-0.1, -0.05) is 36.3 Å². The molecule has 4 nitrogen and oxygen atoms in total. The van der Waals surface area contributed by atoms with Crippen molar-refractivity contribution in [2.45, 2.75) is 25.7 Å². The number of aryl methyl sites for hydroxylation is 1. The normalized spacial score (nSPS) is 12.9. The van der Waals surface area contributed by atoms with Crippen LogP contribution >= 0.6 is 11.3 Å². The van der Waals surface area contributed by atoms with Crippen LogP contribution < -0.4 is 10.1 Å². The monoisotopic (exact) mass is 414 g/mol. The molecule has 0 fully saturated rings. The van der Waals surface area contributed by atoms with E-state index in [0.29, 0.717) is 11.3 Å². The van der Waals surface area contributed by atoms with E-state index in [2.05, 4.69) is 11.2 Å². The lowest BCUT2D eigenvalue weighted by molar-refractivity contribution is 0.102. The van der Waals surface area contributed by atoms with Gasteiger partial charge in [0.05, 0.1) is 5.56 Å². The molecule has 2 aromatic carbocycles. The number of para-hydroxylation sites is 1. The van der Waals surface area contributed by atoms with E-state index in [0.717, 1.165) is 47.5 Å². The molecule has 0 radical (unpaired) electrons. The van der Waals surface area contributed by atoms with Gasteiger partial charge in [-0.3, -0.25) is 4.79 Å². The quantitative estimate of drug-likeness (QED) is 0.419. The molecule has 5 heteroatoms. The Hall–Kier alpha value is -3.36. The Labute approximate surface area is 180 Å². The molecule has 0 saturated heterocycles. The van der Waals surface area contributed by atoms with E-state index in [1.54, 1.807) is 17.6 Å². The van der Waals surface area contributed by atoms with Crippen molar-refractivity contribution < 1.29 is 9.53 Å². The first kappa shape index (κ1) is 19.9. The average Bonchev–Trinajstić information content (AvgIpc) is 3.16. The highest BCUT2D eigenvalue weighted by molar-refractivity contribution is 7.16. The molecule has 0 atom stereocenters. The number of benzene rings is 2. The first-order valence-corrected chi connectivity index (χ1v) is 10.8. The maximum absolute atomic E-state index is 13.1. The Morgan fingerprint density at radius 1 is 1.17 bits per heavy atom. The first-order chi connectivity index (χ1) is 14.7. The van der Waals surface area contributed by atoms with Crippen LogP contribution in [0.15, 0.2) is 59.6 Å². The number of amides is 1. The van der Waals surface area contributed by atoms with E-state index >= 15 is 0 Å². The van der Waals surface area contributed by atoms with Gasteiger partial charge in [0, 0.05) is 16.8 Å². The summed E-state index contributed by atoms with van der Waals surface area (Å²) in [4.78, 5) is 19.1. The Bertz CT molecular complexity index is 1110. The van der Waals surface area contributed by atoms with Crippen LogP contribution in [0.4, 0.5) is 10.7 Å².